The minimum atomic E-state index is 0. The summed E-state index contributed by atoms with van der Waals surface area (Å²) in [7, 11) is 0. The third-order valence-electron chi connectivity index (χ3n) is 0.251. The molecule has 0 saturated heterocycles. The molecule has 0 atom stereocenters. The van der Waals surface area contributed by atoms with Crippen molar-refractivity contribution in [3.63, 3.8) is 0 Å². The van der Waals surface area contributed by atoms with Gasteiger partial charge in [0, 0.05) is 11.7 Å². The zero-order valence-electron chi connectivity index (χ0n) is 6.53. The normalized spacial score (nSPS) is 5.20. The van der Waals surface area contributed by atoms with Gasteiger partial charge in [0.25, 0.3) is 0 Å². The Hall–Kier alpha value is 0.144. The summed E-state index contributed by atoms with van der Waals surface area (Å²) in [5, 5.41) is 0. The van der Waals surface area contributed by atoms with E-state index >= 15 is 0 Å². The number of rotatable bonds is 0. The fourth-order valence-corrected chi connectivity index (χ4v) is 0.354. The van der Waals surface area contributed by atoms with Crippen molar-refractivity contribution in [2.75, 3.05) is 0 Å². The van der Waals surface area contributed by atoms with Crippen molar-refractivity contribution in [2.24, 2.45) is 0 Å². The van der Waals surface area contributed by atoms with Crippen molar-refractivity contribution >= 4 is 11.7 Å². The van der Waals surface area contributed by atoms with E-state index in [9.17, 15) is 0 Å². The molecule has 57 valence electrons. The molecule has 0 saturated carbocycles. The second kappa shape index (κ2) is 22.9. The molecule has 1 rings (SSSR count). The molecule has 0 aliphatic heterocycles. The first-order chi connectivity index (χ1) is 4.50. The fraction of sp³-hybridized carbons (Fsp3) is 0.500. The van der Waals surface area contributed by atoms with Gasteiger partial charge in [0.2, 0.25) is 0 Å². The van der Waals surface area contributed by atoms with Crippen molar-refractivity contribution in [1.29, 1.82) is 0 Å². The van der Waals surface area contributed by atoms with Gasteiger partial charge in [-0.25, -0.2) is 4.37 Å². The summed E-state index contributed by atoms with van der Waals surface area (Å²) in [5.41, 5.74) is 0. The Balaban J connectivity index is -0.0000000875. The maximum absolute atomic E-state index is 3.60. The molecule has 0 spiro atoms. The predicted octanol–water partition coefficient (Wildman–Crippen LogP) is 2.20. The van der Waals surface area contributed by atoms with Gasteiger partial charge in [-0.1, -0.05) is 13.8 Å². The minimum Gasteiger partial charge on any atom is -0.394 e. The first-order valence-electron chi connectivity index (χ1n) is 2.84. The molecule has 1 heterocycles. The number of hydrogen-bond acceptors (Lipinski definition) is 3. The van der Waals surface area contributed by atoms with Gasteiger partial charge in [-0.05, 0) is 0 Å². The molecule has 0 unspecified atom stereocenters. The summed E-state index contributed by atoms with van der Waals surface area (Å²) in [4.78, 5) is 0. The topological polar surface area (TPSA) is 25.8 Å². The standard InChI is InChI=1S/C2HN2S.C2H6.C2H5.V/c1-2-4-5-3-1;2*1-2;/h1H;1-2H3;1H2,2H3;/q-1;;-1;+2. The van der Waals surface area contributed by atoms with E-state index in [-0.39, 0.29) is 18.6 Å². The average molecular weight is 195 g/mol. The molecule has 0 aromatic carbocycles. The zero-order valence-corrected chi connectivity index (χ0v) is 8.75. The molecular weight excluding hydrogens is 183 g/mol. The van der Waals surface area contributed by atoms with Gasteiger partial charge >= 0.3 is 18.6 Å². The van der Waals surface area contributed by atoms with Crippen LogP contribution in [0.4, 0.5) is 0 Å². The second-order valence-electron chi connectivity index (χ2n) is 0.537. The Morgan fingerprint density at radius 1 is 1.40 bits per heavy atom. The van der Waals surface area contributed by atoms with Gasteiger partial charge in [0.15, 0.2) is 0 Å². The second-order valence-corrected chi connectivity index (χ2v) is 1.09. The quantitative estimate of drug-likeness (QED) is 0.593. The molecule has 0 amide bonds. The Morgan fingerprint density at radius 3 is 2.00 bits per heavy atom. The first-order valence-corrected chi connectivity index (χ1v) is 3.57. The van der Waals surface area contributed by atoms with E-state index in [0.717, 1.165) is 11.7 Å². The molecule has 0 fully saturated rings. The molecule has 1 aromatic rings. The summed E-state index contributed by atoms with van der Waals surface area (Å²) in [6, 6.07) is 0. The van der Waals surface area contributed by atoms with Crippen LogP contribution in [0.3, 0.4) is 0 Å². The summed E-state index contributed by atoms with van der Waals surface area (Å²) >= 11 is 1.16. The van der Waals surface area contributed by atoms with Crippen molar-refractivity contribution in [2.45, 2.75) is 20.8 Å². The van der Waals surface area contributed by atoms with Crippen LogP contribution in [0.15, 0.2) is 6.20 Å². The van der Waals surface area contributed by atoms with E-state index in [0.29, 0.717) is 0 Å². The largest absolute Gasteiger partial charge is 2.00 e. The van der Waals surface area contributed by atoms with Crippen molar-refractivity contribution < 1.29 is 18.6 Å². The third-order valence-corrected chi connectivity index (χ3v) is 0.638. The molecule has 1 aromatic heterocycles. The van der Waals surface area contributed by atoms with Crippen LogP contribution in [0.2, 0.25) is 0 Å². The smallest absolute Gasteiger partial charge is 0.394 e. The summed E-state index contributed by atoms with van der Waals surface area (Å²) in [6.07, 6.45) is 4.05. The maximum atomic E-state index is 3.60. The molecule has 2 nitrogen and oxygen atoms in total. The van der Waals surface area contributed by atoms with E-state index in [2.05, 4.69) is 21.9 Å². The van der Waals surface area contributed by atoms with Crippen LogP contribution >= 0.6 is 11.7 Å². The molecule has 0 N–H and O–H groups in total. The van der Waals surface area contributed by atoms with Crippen molar-refractivity contribution in [1.82, 2.24) is 8.75 Å². The molecule has 0 aliphatic carbocycles. The van der Waals surface area contributed by atoms with Gasteiger partial charge in [-0.2, -0.15) is 6.92 Å². The molecular formula is C6H12N2SV. The maximum Gasteiger partial charge on any atom is 2.00 e. The first kappa shape index (κ1) is 16.6. The molecule has 0 aliphatic rings. The Bertz CT molecular complexity index is 72.2. The number of nitrogens with zero attached hydrogens (tertiary/aromatic N) is 2. The van der Waals surface area contributed by atoms with Gasteiger partial charge in [-0.15, -0.1) is 6.20 Å². The SMILES string of the molecule is CC.[CH2-]C.[V+2].[c-]1cnsn1. The van der Waals surface area contributed by atoms with Crippen molar-refractivity contribution in [3.8, 4) is 0 Å². The molecule has 10 heavy (non-hydrogen) atoms. The Morgan fingerprint density at radius 2 is 1.90 bits per heavy atom. The van der Waals surface area contributed by atoms with E-state index in [1.54, 1.807) is 6.92 Å². The number of hydrogen-bond donors (Lipinski definition) is 0. The minimum absolute atomic E-state index is 0. The van der Waals surface area contributed by atoms with Crippen molar-refractivity contribution in [3.05, 3.63) is 19.3 Å². The van der Waals surface area contributed by atoms with Gasteiger partial charge in [0.05, 0.1) is 0 Å². The fourth-order valence-electron chi connectivity index (χ4n) is 0.118. The molecule has 4 heteroatoms. The van der Waals surface area contributed by atoms with Crippen LogP contribution in [0, 0.1) is 13.1 Å². The van der Waals surface area contributed by atoms with Crippen LogP contribution in [0.1, 0.15) is 20.8 Å². The van der Waals surface area contributed by atoms with Gasteiger partial charge in [0.1, 0.15) is 0 Å². The number of aromatic nitrogens is 2. The summed E-state index contributed by atoms with van der Waals surface area (Å²) in [6.45, 7) is 9.00. The molecule has 0 bridgehead atoms. The van der Waals surface area contributed by atoms with Gasteiger partial charge in [-0.3, -0.25) is 0 Å². The summed E-state index contributed by atoms with van der Waals surface area (Å²) in [5.74, 6) is 0. The van der Waals surface area contributed by atoms with Crippen LogP contribution < -0.4 is 0 Å². The van der Waals surface area contributed by atoms with E-state index < -0.39 is 0 Å². The van der Waals surface area contributed by atoms with E-state index in [1.807, 2.05) is 13.8 Å². The predicted molar refractivity (Wildman–Crippen MR) is 41.1 cm³/mol. The third kappa shape index (κ3) is 15.7. The average Bonchev–Trinajstić information content (AvgIpc) is 2.51. The van der Waals surface area contributed by atoms with Crippen LogP contribution in [0.5, 0.6) is 0 Å². The van der Waals surface area contributed by atoms with E-state index in [4.69, 9.17) is 0 Å². The van der Waals surface area contributed by atoms with Crippen LogP contribution in [0.25, 0.3) is 0 Å². The zero-order chi connectivity index (χ0) is 7.54. The Kier molecular flexibility index (Phi) is 38.1. The van der Waals surface area contributed by atoms with Crippen LogP contribution in [-0.2, 0) is 18.6 Å². The Labute approximate surface area is 79.3 Å². The molecule has 1 radical (unpaired) electrons. The summed E-state index contributed by atoms with van der Waals surface area (Å²) < 4.78 is 7.12. The van der Waals surface area contributed by atoms with E-state index in [1.165, 1.54) is 6.20 Å². The monoisotopic (exact) mass is 195 g/mol. The van der Waals surface area contributed by atoms with Crippen LogP contribution in [-0.4, -0.2) is 8.75 Å². The van der Waals surface area contributed by atoms with Gasteiger partial charge < -0.3 is 17.5 Å².